The number of hydrogen-bond acceptors (Lipinski definition) is 5. The van der Waals surface area contributed by atoms with E-state index in [0.29, 0.717) is 10.7 Å². The quantitative estimate of drug-likeness (QED) is 0.500. The molecule has 2 N–H and O–H groups in total. The van der Waals surface area contributed by atoms with Gasteiger partial charge < -0.3 is 15.1 Å². The van der Waals surface area contributed by atoms with E-state index in [0.717, 1.165) is 0 Å². The van der Waals surface area contributed by atoms with Crippen molar-refractivity contribution in [3.8, 4) is 0 Å². The van der Waals surface area contributed by atoms with Gasteiger partial charge in [-0.3, -0.25) is 19.7 Å². The zero-order valence-electron chi connectivity index (χ0n) is 13.6. The molecule has 136 valence electrons. The second kappa shape index (κ2) is 7.71. The van der Waals surface area contributed by atoms with Gasteiger partial charge >= 0.3 is 0 Å². The van der Waals surface area contributed by atoms with Crippen LogP contribution in [0.2, 0.25) is 5.02 Å². The van der Waals surface area contributed by atoms with Crippen molar-refractivity contribution in [3.05, 3.63) is 87.3 Å². The highest BCUT2D eigenvalue weighted by atomic mass is 35.5. The van der Waals surface area contributed by atoms with E-state index in [9.17, 15) is 19.7 Å². The molecule has 0 fully saturated rings. The van der Waals surface area contributed by atoms with Crippen LogP contribution in [0.4, 0.5) is 17.1 Å². The predicted molar refractivity (Wildman–Crippen MR) is 99.2 cm³/mol. The molecule has 0 aliphatic heterocycles. The lowest BCUT2D eigenvalue weighted by atomic mass is 10.2. The summed E-state index contributed by atoms with van der Waals surface area (Å²) in [7, 11) is 0. The highest BCUT2D eigenvalue weighted by Crippen LogP contribution is 2.27. The molecule has 0 spiro atoms. The van der Waals surface area contributed by atoms with Gasteiger partial charge in [0.2, 0.25) is 0 Å². The summed E-state index contributed by atoms with van der Waals surface area (Å²) >= 11 is 5.97. The molecule has 0 aliphatic rings. The molecule has 0 bridgehead atoms. The van der Waals surface area contributed by atoms with Crippen molar-refractivity contribution in [2.45, 2.75) is 0 Å². The number of carbonyl (C=O) groups is 2. The number of non-ortho nitro benzene ring substituents is 1. The number of anilines is 2. The van der Waals surface area contributed by atoms with Crippen LogP contribution in [0.1, 0.15) is 20.9 Å². The monoisotopic (exact) mass is 385 g/mol. The lowest BCUT2D eigenvalue weighted by molar-refractivity contribution is -0.384. The minimum absolute atomic E-state index is 0.0996. The van der Waals surface area contributed by atoms with Crippen LogP contribution in [0.25, 0.3) is 0 Å². The molecule has 0 saturated carbocycles. The van der Waals surface area contributed by atoms with Crippen molar-refractivity contribution in [1.82, 2.24) is 0 Å². The number of carbonyl (C=O) groups excluding carboxylic acids is 2. The highest BCUT2D eigenvalue weighted by Gasteiger charge is 2.15. The number of halogens is 1. The summed E-state index contributed by atoms with van der Waals surface area (Å²) in [4.78, 5) is 34.7. The maximum Gasteiger partial charge on any atom is 0.291 e. The summed E-state index contributed by atoms with van der Waals surface area (Å²) in [5.41, 5.74) is 0.685. The Morgan fingerprint density at radius 3 is 2.30 bits per heavy atom. The van der Waals surface area contributed by atoms with Crippen LogP contribution in [0, 0.1) is 10.1 Å². The average Bonchev–Trinajstić information content (AvgIpc) is 3.19. The number of nitrogens with one attached hydrogen (secondary N) is 2. The van der Waals surface area contributed by atoms with E-state index in [2.05, 4.69) is 10.6 Å². The van der Waals surface area contributed by atoms with E-state index in [4.69, 9.17) is 16.0 Å². The van der Waals surface area contributed by atoms with Crippen molar-refractivity contribution >= 4 is 40.5 Å². The van der Waals surface area contributed by atoms with Crippen LogP contribution in [0.5, 0.6) is 0 Å². The Bertz CT molecular complexity index is 1000. The van der Waals surface area contributed by atoms with Gasteiger partial charge in [0.15, 0.2) is 5.76 Å². The molecule has 0 atom stereocenters. The summed E-state index contributed by atoms with van der Waals surface area (Å²) in [6.45, 7) is 0. The van der Waals surface area contributed by atoms with Gasteiger partial charge in [-0.25, -0.2) is 0 Å². The van der Waals surface area contributed by atoms with Gasteiger partial charge in [-0.05, 0) is 42.5 Å². The maximum absolute atomic E-state index is 12.4. The first-order valence-electron chi connectivity index (χ1n) is 7.64. The fourth-order valence-corrected chi connectivity index (χ4v) is 2.42. The molecule has 3 rings (SSSR count). The normalized spacial score (nSPS) is 10.3. The molecule has 1 heterocycles. The summed E-state index contributed by atoms with van der Waals surface area (Å²) < 4.78 is 5.03. The molecule has 1 aromatic heterocycles. The van der Waals surface area contributed by atoms with Crippen LogP contribution in [0.3, 0.4) is 0 Å². The first kappa shape index (κ1) is 18.2. The van der Waals surface area contributed by atoms with Crippen LogP contribution in [-0.4, -0.2) is 16.7 Å². The van der Waals surface area contributed by atoms with Gasteiger partial charge in [0.25, 0.3) is 17.5 Å². The van der Waals surface area contributed by atoms with E-state index in [1.165, 1.54) is 48.7 Å². The zero-order valence-corrected chi connectivity index (χ0v) is 14.4. The molecular formula is C18H12ClN3O5. The summed E-state index contributed by atoms with van der Waals surface area (Å²) in [6.07, 6.45) is 1.37. The number of amides is 2. The minimum Gasteiger partial charge on any atom is -0.459 e. The molecule has 0 unspecified atom stereocenters. The van der Waals surface area contributed by atoms with Gasteiger partial charge in [0, 0.05) is 22.7 Å². The second-order valence-corrected chi connectivity index (χ2v) is 5.82. The van der Waals surface area contributed by atoms with Gasteiger partial charge in [0.1, 0.15) is 0 Å². The number of nitro groups is 1. The summed E-state index contributed by atoms with van der Waals surface area (Å²) in [5.74, 6) is -0.906. The Hall–Kier alpha value is -3.65. The van der Waals surface area contributed by atoms with E-state index in [1.54, 1.807) is 12.1 Å². The van der Waals surface area contributed by atoms with E-state index < -0.39 is 16.7 Å². The Balaban J connectivity index is 1.80. The molecule has 0 radical (unpaired) electrons. The Labute approximate surface area is 157 Å². The molecule has 0 aliphatic carbocycles. The third kappa shape index (κ3) is 4.31. The SMILES string of the molecule is O=C(Nc1ccc(Cl)cc1NC(=O)c1ccco1)c1ccc([N+](=O)[O-])cc1. The first-order chi connectivity index (χ1) is 12.9. The third-order valence-corrected chi connectivity index (χ3v) is 3.80. The molecule has 2 amide bonds. The zero-order chi connectivity index (χ0) is 19.4. The Morgan fingerprint density at radius 2 is 1.67 bits per heavy atom. The number of benzene rings is 2. The second-order valence-electron chi connectivity index (χ2n) is 5.38. The van der Waals surface area contributed by atoms with Gasteiger partial charge in [0.05, 0.1) is 22.6 Å². The fraction of sp³-hybridized carbons (Fsp3) is 0. The summed E-state index contributed by atoms with van der Waals surface area (Å²) in [5, 5.41) is 16.3. The highest BCUT2D eigenvalue weighted by molar-refractivity contribution is 6.31. The molecular weight excluding hydrogens is 374 g/mol. The topological polar surface area (TPSA) is 114 Å². The lowest BCUT2D eigenvalue weighted by Gasteiger charge is -2.12. The predicted octanol–water partition coefficient (Wildman–Crippen LogP) is 4.35. The van der Waals surface area contributed by atoms with Crippen molar-refractivity contribution in [3.63, 3.8) is 0 Å². The lowest BCUT2D eigenvalue weighted by Crippen LogP contribution is -2.16. The Morgan fingerprint density at radius 1 is 0.963 bits per heavy atom. The Kier molecular flexibility index (Phi) is 5.18. The smallest absolute Gasteiger partial charge is 0.291 e. The van der Waals surface area contributed by atoms with Crippen molar-refractivity contribution in [2.75, 3.05) is 10.6 Å². The molecule has 3 aromatic rings. The summed E-state index contributed by atoms with van der Waals surface area (Å²) in [6, 6.07) is 12.8. The standard InChI is InChI=1S/C18H12ClN3O5/c19-12-5-8-14(15(10-12)21-18(24)16-2-1-9-27-16)20-17(23)11-3-6-13(7-4-11)22(25)26/h1-10H,(H,20,23)(H,21,24). The maximum atomic E-state index is 12.4. The minimum atomic E-state index is -0.552. The number of nitro benzene ring substituents is 1. The first-order valence-corrected chi connectivity index (χ1v) is 8.02. The number of hydrogen-bond donors (Lipinski definition) is 2. The van der Waals surface area contributed by atoms with Crippen molar-refractivity contribution in [2.24, 2.45) is 0 Å². The van der Waals surface area contributed by atoms with Crippen molar-refractivity contribution < 1.29 is 18.9 Å². The number of rotatable bonds is 5. The van der Waals surface area contributed by atoms with Crippen LogP contribution >= 0.6 is 11.6 Å². The van der Waals surface area contributed by atoms with Crippen molar-refractivity contribution in [1.29, 1.82) is 0 Å². The molecule has 8 nitrogen and oxygen atoms in total. The average molecular weight is 386 g/mol. The van der Waals surface area contributed by atoms with Crippen LogP contribution < -0.4 is 10.6 Å². The molecule has 2 aromatic carbocycles. The molecule has 27 heavy (non-hydrogen) atoms. The van der Waals surface area contributed by atoms with Gasteiger partial charge in [-0.1, -0.05) is 11.6 Å². The van der Waals surface area contributed by atoms with Gasteiger partial charge in [-0.2, -0.15) is 0 Å². The van der Waals surface area contributed by atoms with E-state index >= 15 is 0 Å². The fourth-order valence-electron chi connectivity index (χ4n) is 2.25. The molecule has 9 heteroatoms. The third-order valence-electron chi connectivity index (χ3n) is 3.56. The van der Waals surface area contributed by atoms with E-state index in [-0.39, 0.29) is 22.7 Å². The number of nitrogens with zero attached hydrogens (tertiary/aromatic N) is 1. The van der Waals surface area contributed by atoms with Crippen LogP contribution in [0.15, 0.2) is 65.3 Å². The van der Waals surface area contributed by atoms with Gasteiger partial charge in [-0.15, -0.1) is 0 Å². The molecule has 0 saturated heterocycles. The van der Waals surface area contributed by atoms with Crippen LogP contribution in [-0.2, 0) is 0 Å². The largest absolute Gasteiger partial charge is 0.459 e. The number of furan rings is 1. The van der Waals surface area contributed by atoms with E-state index in [1.807, 2.05) is 0 Å².